The first-order chi connectivity index (χ1) is 12.0. The number of carbonyl (C=O) groups is 1. The second-order valence-electron chi connectivity index (χ2n) is 7.45. The van der Waals surface area contributed by atoms with E-state index in [2.05, 4.69) is 70.6 Å². The number of likely N-dealkylation sites (N-methyl/N-ethyl adjacent to an activating group) is 1. The van der Waals surface area contributed by atoms with Crippen molar-refractivity contribution in [2.24, 2.45) is 0 Å². The molecule has 0 N–H and O–H groups in total. The van der Waals surface area contributed by atoms with Gasteiger partial charge in [-0.15, -0.1) is 0 Å². The second-order valence-corrected chi connectivity index (χ2v) is 8.61. The summed E-state index contributed by atoms with van der Waals surface area (Å²) in [7, 11) is 2.18. The van der Waals surface area contributed by atoms with Crippen molar-refractivity contribution in [1.29, 1.82) is 0 Å². The molecule has 0 bridgehead atoms. The molecule has 0 aromatic heterocycles. The zero-order valence-electron chi connectivity index (χ0n) is 14.9. The molecule has 2 unspecified atom stereocenters. The van der Waals surface area contributed by atoms with Crippen LogP contribution in [-0.4, -0.2) is 37.0 Å². The number of rotatable bonds is 1. The molecule has 2 atom stereocenters. The minimum Gasteiger partial charge on any atom is -0.306 e. The Hall–Kier alpha value is -1.40. The molecule has 0 saturated carbocycles. The van der Waals surface area contributed by atoms with Crippen LogP contribution in [0.15, 0.2) is 36.4 Å². The lowest BCUT2D eigenvalue weighted by Gasteiger charge is -2.36. The molecule has 0 aliphatic carbocycles. The maximum absolute atomic E-state index is 13.5. The van der Waals surface area contributed by atoms with E-state index >= 15 is 0 Å². The van der Waals surface area contributed by atoms with E-state index in [9.17, 15) is 4.79 Å². The molecule has 1 saturated heterocycles. The van der Waals surface area contributed by atoms with Crippen molar-refractivity contribution in [1.82, 2.24) is 4.90 Å². The summed E-state index contributed by atoms with van der Waals surface area (Å²) < 4.78 is 1.03. The monoisotopic (exact) mass is 446 g/mol. The van der Waals surface area contributed by atoms with Crippen molar-refractivity contribution >= 4 is 34.2 Å². The molecule has 130 valence electrons. The largest absolute Gasteiger partial charge is 0.306 e. The molecule has 4 heteroatoms. The number of carbonyl (C=O) groups excluding carboxylic acids is 1. The predicted octanol–water partition coefficient (Wildman–Crippen LogP) is 4.36. The van der Waals surface area contributed by atoms with Crippen LogP contribution in [0.25, 0.3) is 0 Å². The van der Waals surface area contributed by atoms with Gasteiger partial charge in [0.2, 0.25) is 0 Å². The van der Waals surface area contributed by atoms with Crippen LogP contribution in [-0.2, 0) is 0 Å². The lowest BCUT2D eigenvalue weighted by molar-refractivity contribution is 0.0963. The number of hydrogen-bond acceptors (Lipinski definition) is 2. The molecule has 4 rings (SSSR count). The van der Waals surface area contributed by atoms with E-state index in [1.54, 1.807) is 0 Å². The van der Waals surface area contributed by atoms with Gasteiger partial charge in [0.15, 0.2) is 0 Å². The van der Waals surface area contributed by atoms with E-state index in [4.69, 9.17) is 0 Å². The fraction of sp³-hybridized carbons (Fsp3) is 0.381. The van der Waals surface area contributed by atoms with Crippen LogP contribution < -0.4 is 4.90 Å². The van der Waals surface area contributed by atoms with Crippen LogP contribution in [0.1, 0.15) is 39.4 Å². The molecule has 1 amide bonds. The summed E-state index contributed by atoms with van der Waals surface area (Å²) in [6.45, 7) is 6.25. The number of amides is 1. The third-order valence-electron chi connectivity index (χ3n) is 5.52. The Bertz CT molecular complexity index is 848. The Morgan fingerprint density at radius 3 is 2.64 bits per heavy atom. The van der Waals surface area contributed by atoms with Crippen molar-refractivity contribution in [3.8, 4) is 0 Å². The Morgan fingerprint density at radius 1 is 1.12 bits per heavy atom. The molecule has 2 aromatic carbocycles. The molecule has 2 aliphatic heterocycles. The Labute approximate surface area is 163 Å². The highest BCUT2D eigenvalue weighted by atomic mass is 127. The Kier molecular flexibility index (Phi) is 4.36. The van der Waals surface area contributed by atoms with E-state index in [0.717, 1.165) is 39.9 Å². The number of halogens is 1. The van der Waals surface area contributed by atoms with Crippen molar-refractivity contribution < 1.29 is 4.79 Å². The first-order valence-electron chi connectivity index (χ1n) is 8.84. The van der Waals surface area contributed by atoms with E-state index in [1.165, 1.54) is 11.1 Å². The van der Waals surface area contributed by atoms with Gasteiger partial charge in [-0.2, -0.15) is 0 Å². The summed E-state index contributed by atoms with van der Waals surface area (Å²) in [5.74, 6) is 0.565. The second kappa shape index (κ2) is 6.40. The molecule has 2 aromatic rings. The number of benzene rings is 2. The third kappa shape index (κ3) is 2.89. The Balaban J connectivity index is 1.81. The molecule has 0 spiro atoms. The first-order valence-corrected chi connectivity index (χ1v) is 9.92. The molecular weight excluding hydrogens is 423 g/mol. The highest BCUT2D eigenvalue weighted by Gasteiger charge is 2.44. The van der Waals surface area contributed by atoms with Crippen LogP contribution in [0.2, 0.25) is 0 Å². The van der Waals surface area contributed by atoms with E-state index < -0.39 is 0 Å². The van der Waals surface area contributed by atoms with Gasteiger partial charge < -0.3 is 9.80 Å². The van der Waals surface area contributed by atoms with Crippen LogP contribution in [0.4, 0.5) is 5.69 Å². The zero-order chi connectivity index (χ0) is 17.7. The number of fused-ring (bicyclic) bond motifs is 3. The van der Waals surface area contributed by atoms with Crippen molar-refractivity contribution in [3.63, 3.8) is 0 Å². The number of hydrogen-bond donors (Lipinski definition) is 0. The minimum atomic E-state index is 0.148. The lowest BCUT2D eigenvalue weighted by Crippen LogP contribution is -2.47. The quantitative estimate of drug-likeness (QED) is 0.608. The van der Waals surface area contributed by atoms with E-state index in [0.29, 0.717) is 5.92 Å². The number of likely N-dealkylation sites (tertiary alicyclic amines) is 1. The molecule has 0 radical (unpaired) electrons. The van der Waals surface area contributed by atoms with Crippen LogP contribution >= 0.6 is 22.6 Å². The predicted molar refractivity (Wildman–Crippen MR) is 111 cm³/mol. The number of nitrogens with zero attached hydrogens (tertiary/aromatic N) is 2. The normalized spacial score (nSPS) is 22.6. The van der Waals surface area contributed by atoms with E-state index in [-0.39, 0.29) is 11.9 Å². The SMILES string of the molecule is Cc1ccc(I)c(C(=O)N2c3ccc(C)cc3C3CN(C)CCC32)c1. The molecule has 25 heavy (non-hydrogen) atoms. The first kappa shape index (κ1) is 17.0. The molecule has 3 nitrogen and oxygen atoms in total. The van der Waals surface area contributed by atoms with Gasteiger partial charge in [0.1, 0.15) is 0 Å². The van der Waals surface area contributed by atoms with Gasteiger partial charge >= 0.3 is 0 Å². The summed E-state index contributed by atoms with van der Waals surface area (Å²) in [6.07, 6.45) is 1.03. The van der Waals surface area contributed by atoms with Gasteiger partial charge in [-0.3, -0.25) is 4.79 Å². The number of anilines is 1. The standard InChI is InChI=1S/C21H23IN2O/c1-13-4-6-18(22)16(11-13)21(25)24-19-7-5-14(2)10-15(19)17-12-23(3)9-8-20(17)24/h4-7,10-11,17,20H,8-9,12H2,1-3H3. The van der Waals surface area contributed by atoms with Crippen LogP contribution in [0, 0.1) is 17.4 Å². The smallest absolute Gasteiger partial charge is 0.259 e. The Morgan fingerprint density at radius 2 is 1.84 bits per heavy atom. The summed E-state index contributed by atoms with van der Waals surface area (Å²) in [5.41, 5.74) is 5.68. The van der Waals surface area contributed by atoms with Crippen LogP contribution in [0.5, 0.6) is 0 Å². The average molecular weight is 446 g/mol. The molecule has 2 aliphatic rings. The minimum absolute atomic E-state index is 0.148. The third-order valence-corrected chi connectivity index (χ3v) is 6.46. The summed E-state index contributed by atoms with van der Waals surface area (Å²) in [6, 6.07) is 13.0. The fourth-order valence-electron chi connectivity index (χ4n) is 4.28. The van der Waals surface area contributed by atoms with Gasteiger partial charge in [-0.1, -0.05) is 29.3 Å². The zero-order valence-corrected chi connectivity index (χ0v) is 17.1. The van der Waals surface area contributed by atoms with Gasteiger partial charge in [0.25, 0.3) is 5.91 Å². The van der Waals surface area contributed by atoms with Gasteiger partial charge in [-0.25, -0.2) is 0 Å². The summed E-state index contributed by atoms with van der Waals surface area (Å²) in [4.78, 5) is 18.0. The van der Waals surface area contributed by atoms with Crippen molar-refractivity contribution in [2.75, 3.05) is 25.0 Å². The van der Waals surface area contributed by atoms with Gasteiger partial charge in [0, 0.05) is 27.8 Å². The highest BCUT2D eigenvalue weighted by Crippen LogP contribution is 2.45. The van der Waals surface area contributed by atoms with Gasteiger partial charge in [-0.05, 0) is 80.2 Å². The van der Waals surface area contributed by atoms with E-state index in [1.807, 2.05) is 19.1 Å². The molecule has 2 heterocycles. The van der Waals surface area contributed by atoms with Crippen LogP contribution in [0.3, 0.4) is 0 Å². The van der Waals surface area contributed by atoms with Crippen molar-refractivity contribution in [2.45, 2.75) is 32.2 Å². The lowest BCUT2D eigenvalue weighted by atomic mass is 9.88. The topological polar surface area (TPSA) is 23.6 Å². The highest BCUT2D eigenvalue weighted by molar-refractivity contribution is 14.1. The summed E-state index contributed by atoms with van der Waals surface area (Å²) >= 11 is 2.28. The molecular formula is C21H23IN2O. The molecule has 1 fully saturated rings. The number of piperidine rings is 1. The van der Waals surface area contributed by atoms with Crippen molar-refractivity contribution in [3.05, 3.63) is 62.2 Å². The summed E-state index contributed by atoms with van der Waals surface area (Å²) in [5, 5.41) is 0. The maximum Gasteiger partial charge on any atom is 0.259 e. The number of aryl methyl sites for hydroxylation is 2. The average Bonchev–Trinajstić information content (AvgIpc) is 2.89. The van der Waals surface area contributed by atoms with Gasteiger partial charge in [0.05, 0.1) is 5.56 Å². The fourth-order valence-corrected chi connectivity index (χ4v) is 4.85. The maximum atomic E-state index is 13.5.